The van der Waals surface area contributed by atoms with Crippen LogP contribution in [-0.2, 0) is 4.79 Å². The molecule has 0 spiro atoms. The lowest BCUT2D eigenvalue weighted by molar-refractivity contribution is -0.123. The fourth-order valence-electron chi connectivity index (χ4n) is 2.05. The van der Waals surface area contributed by atoms with E-state index in [2.05, 4.69) is 5.32 Å². The standard InChI is InChI=1S/C10H20N2O/c1-12-10(13)9(11)8-6-4-2-3-5-7-8/h8-9H,2-7,11H2,1H3,(H,12,13). The Kier molecular flexibility index (Phi) is 4.22. The van der Waals surface area contributed by atoms with Crippen LogP contribution in [0.4, 0.5) is 0 Å². The molecule has 0 aliphatic heterocycles. The minimum absolute atomic E-state index is 0.00750. The molecule has 1 unspecified atom stereocenters. The molecule has 0 aromatic heterocycles. The molecule has 1 aliphatic rings. The molecule has 1 atom stereocenters. The average Bonchev–Trinajstić information content (AvgIpc) is 2.43. The number of hydrogen-bond donors (Lipinski definition) is 2. The molecule has 0 aromatic rings. The first-order valence-electron chi connectivity index (χ1n) is 5.23. The van der Waals surface area contributed by atoms with Crippen molar-refractivity contribution in [3.05, 3.63) is 0 Å². The highest BCUT2D eigenvalue weighted by molar-refractivity contribution is 5.81. The van der Waals surface area contributed by atoms with E-state index in [1.807, 2.05) is 0 Å². The van der Waals surface area contributed by atoms with Crippen molar-refractivity contribution in [1.82, 2.24) is 5.32 Å². The van der Waals surface area contributed by atoms with Crippen LogP contribution in [0.3, 0.4) is 0 Å². The predicted octanol–water partition coefficient (Wildman–Crippen LogP) is 1.03. The number of carbonyl (C=O) groups is 1. The van der Waals surface area contributed by atoms with Gasteiger partial charge in [0.1, 0.15) is 0 Å². The van der Waals surface area contributed by atoms with Crippen LogP contribution in [0, 0.1) is 5.92 Å². The van der Waals surface area contributed by atoms with Gasteiger partial charge in [-0.05, 0) is 18.8 Å². The monoisotopic (exact) mass is 184 g/mol. The molecule has 0 bridgehead atoms. The highest BCUT2D eigenvalue weighted by Crippen LogP contribution is 2.24. The third-order valence-electron chi connectivity index (χ3n) is 2.96. The van der Waals surface area contributed by atoms with Crippen LogP contribution in [-0.4, -0.2) is 19.0 Å². The highest BCUT2D eigenvalue weighted by Gasteiger charge is 2.24. The Morgan fingerprint density at radius 2 is 1.85 bits per heavy atom. The van der Waals surface area contributed by atoms with E-state index < -0.39 is 0 Å². The molecule has 1 fully saturated rings. The summed E-state index contributed by atoms with van der Waals surface area (Å²) in [5.74, 6) is 0.398. The van der Waals surface area contributed by atoms with E-state index in [-0.39, 0.29) is 11.9 Å². The van der Waals surface area contributed by atoms with Gasteiger partial charge in [-0.15, -0.1) is 0 Å². The molecule has 0 aromatic carbocycles. The number of likely N-dealkylation sites (N-methyl/N-ethyl adjacent to an activating group) is 1. The Labute approximate surface area is 80.1 Å². The summed E-state index contributed by atoms with van der Waals surface area (Å²) in [7, 11) is 1.65. The maximum Gasteiger partial charge on any atom is 0.236 e. The van der Waals surface area contributed by atoms with Crippen molar-refractivity contribution in [2.45, 2.75) is 44.6 Å². The van der Waals surface area contributed by atoms with Crippen LogP contribution in [0.1, 0.15) is 38.5 Å². The summed E-state index contributed by atoms with van der Waals surface area (Å²) >= 11 is 0. The zero-order valence-corrected chi connectivity index (χ0v) is 8.38. The lowest BCUT2D eigenvalue weighted by Gasteiger charge is -2.20. The van der Waals surface area contributed by atoms with Gasteiger partial charge in [-0.1, -0.05) is 25.7 Å². The minimum atomic E-state index is -0.289. The molecule has 1 saturated carbocycles. The summed E-state index contributed by atoms with van der Waals surface area (Å²) in [6.45, 7) is 0. The lowest BCUT2D eigenvalue weighted by atomic mass is 9.92. The molecule has 0 heterocycles. The van der Waals surface area contributed by atoms with Crippen molar-refractivity contribution in [3.8, 4) is 0 Å². The second-order valence-corrected chi connectivity index (χ2v) is 3.89. The number of amides is 1. The quantitative estimate of drug-likeness (QED) is 0.630. The molecule has 1 rings (SSSR count). The molecule has 3 nitrogen and oxygen atoms in total. The van der Waals surface area contributed by atoms with Crippen molar-refractivity contribution < 1.29 is 4.79 Å². The van der Waals surface area contributed by atoms with Gasteiger partial charge in [0, 0.05) is 7.05 Å². The predicted molar refractivity (Wildman–Crippen MR) is 53.2 cm³/mol. The number of rotatable bonds is 2. The molecule has 3 heteroatoms. The second-order valence-electron chi connectivity index (χ2n) is 3.89. The Morgan fingerprint density at radius 1 is 1.31 bits per heavy atom. The molecule has 1 amide bonds. The molecular formula is C10H20N2O. The number of nitrogens with one attached hydrogen (secondary N) is 1. The molecular weight excluding hydrogens is 164 g/mol. The van der Waals surface area contributed by atoms with Crippen LogP contribution in [0.5, 0.6) is 0 Å². The van der Waals surface area contributed by atoms with Crippen molar-refractivity contribution in [3.63, 3.8) is 0 Å². The highest BCUT2D eigenvalue weighted by atomic mass is 16.2. The van der Waals surface area contributed by atoms with Crippen molar-refractivity contribution >= 4 is 5.91 Å². The van der Waals surface area contributed by atoms with Gasteiger partial charge in [0.2, 0.25) is 5.91 Å². The fourth-order valence-corrected chi connectivity index (χ4v) is 2.05. The van der Waals surface area contributed by atoms with Crippen molar-refractivity contribution in [1.29, 1.82) is 0 Å². The van der Waals surface area contributed by atoms with Gasteiger partial charge in [-0.3, -0.25) is 4.79 Å². The van der Waals surface area contributed by atoms with Gasteiger partial charge < -0.3 is 11.1 Å². The first-order chi connectivity index (χ1) is 6.25. The zero-order valence-electron chi connectivity index (χ0n) is 8.38. The smallest absolute Gasteiger partial charge is 0.236 e. The van der Waals surface area contributed by atoms with Gasteiger partial charge in [0.15, 0.2) is 0 Å². The van der Waals surface area contributed by atoms with Gasteiger partial charge in [0.25, 0.3) is 0 Å². The SMILES string of the molecule is CNC(=O)C(N)C1CCCCCC1. The Hall–Kier alpha value is -0.570. The van der Waals surface area contributed by atoms with E-state index in [1.165, 1.54) is 25.7 Å². The third kappa shape index (κ3) is 2.99. The van der Waals surface area contributed by atoms with E-state index in [0.717, 1.165) is 12.8 Å². The number of nitrogens with two attached hydrogens (primary N) is 1. The van der Waals surface area contributed by atoms with Crippen LogP contribution in [0.25, 0.3) is 0 Å². The summed E-state index contributed by atoms with van der Waals surface area (Å²) in [6.07, 6.45) is 7.31. The number of carbonyl (C=O) groups excluding carboxylic acids is 1. The largest absolute Gasteiger partial charge is 0.358 e. The maximum atomic E-state index is 11.3. The van der Waals surface area contributed by atoms with Crippen LogP contribution in [0.15, 0.2) is 0 Å². The Morgan fingerprint density at radius 3 is 2.31 bits per heavy atom. The fraction of sp³-hybridized carbons (Fsp3) is 0.900. The van der Waals surface area contributed by atoms with Gasteiger partial charge in [-0.25, -0.2) is 0 Å². The van der Waals surface area contributed by atoms with Crippen molar-refractivity contribution in [2.24, 2.45) is 11.7 Å². The van der Waals surface area contributed by atoms with Crippen LogP contribution < -0.4 is 11.1 Å². The topological polar surface area (TPSA) is 55.1 Å². The van der Waals surface area contributed by atoms with Gasteiger partial charge in [0.05, 0.1) is 6.04 Å². The minimum Gasteiger partial charge on any atom is -0.358 e. The molecule has 13 heavy (non-hydrogen) atoms. The Bertz CT molecular complexity index is 162. The normalized spacial score (nSPS) is 22.0. The molecule has 3 N–H and O–H groups in total. The molecule has 0 radical (unpaired) electrons. The molecule has 0 saturated heterocycles. The zero-order chi connectivity index (χ0) is 9.68. The summed E-state index contributed by atoms with van der Waals surface area (Å²) in [5.41, 5.74) is 5.86. The van der Waals surface area contributed by atoms with Crippen molar-refractivity contribution in [2.75, 3.05) is 7.05 Å². The van der Waals surface area contributed by atoms with E-state index in [4.69, 9.17) is 5.73 Å². The van der Waals surface area contributed by atoms with Gasteiger partial charge in [-0.2, -0.15) is 0 Å². The first kappa shape index (κ1) is 10.5. The van der Waals surface area contributed by atoms with Gasteiger partial charge >= 0.3 is 0 Å². The molecule has 76 valence electrons. The first-order valence-corrected chi connectivity index (χ1v) is 5.23. The molecule has 1 aliphatic carbocycles. The summed E-state index contributed by atoms with van der Waals surface area (Å²) in [6, 6.07) is -0.289. The average molecular weight is 184 g/mol. The van der Waals surface area contributed by atoms with Crippen LogP contribution in [0.2, 0.25) is 0 Å². The van der Waals surface area contributed by atoms with E-state index >= 15 is 0 Å². The summed E-state index contributed by atoms with van der Waals surface area (Å²) in [4.78, 5) is 11.3. The lowest BCUT2D eigenvalue weighted by Crippen LogP contribution is -2.44. The van der Waals surface area contributed by atoms with E-state index in [1.54, 1.807) is 7.05 Å². The Balaban J connectivity index is 2.43. The van der Waals surface area contributed by atoms with Crippen LogP contribution >= 0.6 is 0 Å². The second kappa shape index (κ2) is 5.22. The van der Waals surface area contributed by atoms with E-state index in [0.29, 0.717) is 5.92 Å². The summed E-state index contributed by atoms with van der Waals surface area (Å²) in [5, 5.41) is 2.62. The third-order valence-corrected chi connectivity index (χ3v) is 2.96. The summed E-state index contributed by atoms with van der Waals surface area (Å²) < 4.78 is 0. The van der Waals surface area contributed by atoms with E-state index in [9.17, 15) is 4.79 Å². The maximum absolute atomic E-state index is 11.3. The number of hydrogen-bond acceptors (Lipinski definition) is 2.